The number of nitrogens with one attached hydrogen (secondary N) is 4. The van der Waals surface area contributed by atoms with Crippen LogP contribution in [0, 0.1) is 5.92 Å². The fourth-order valence-electron chi connectivity index (χ4n) is 3.98. The molecule has 0 rings (SSSR count). The van der Waals surface area contributed by atoms with Crippen molar-refractivity contribution in [3.63, 3.8) is 0 Å². The quantitative estimate of drug-likeness (QED) is 0.0308. The molecule has 252 valence electrons. The maximum absolute atomic E-state index is 13.3. The van der Waals surface area contributed by atoms with Crippen LogP contribution < -0.4 is 49.9 Å². The molecule has 18 heteroatoms. The number of primary amides is 1. The zero-order valence-electron chi connectivity index (χ0n) is 25.6. The van der Waals surface area contributed by atoms with Crippen LogP contribution in [0.3, 0.4) is 0 Å². The average molecular weight is 631 g/mol. The summed E-state index contributed by atoms with van der Waals surface area (Å²) in [5, 5.41) is 29.5. The van der Waals surface area contributed by atoms with Crippen LogP contribution in [0.5, 0.6) is 0 Å². The Labute approximate surface area is 256 Å². The van der Waals surface area contributed by atoms with Gasteiger partial charge in [-0.05, 0) is 51.5 Å². The summed E-state index contributed by atoms with van der Waals surface area (Å²) in [6.07, 6.45) is -0.258. The van der Waals surface area contributed by atoms with Crippen molar-refractivity contribution in [2.45, 2.75) is 102 Å². The average Bonchev–Trinajstić information content (AvgIpc) is 2.93. The van der Waals surface area contributed by atoms with Gasteiger partial charge in [-0.25, -0.2) is 4.79 Å². The number of carboxylic acid groups (broad SMARTS) is 1. The number of hydrogen-bond donors (Lipinski definition) is 11. The minimum atomic E-state index is -1.55. The molecule has 0 aromatic carbocycles. The molecule has 0 aliphatic carbocycles. The number of nitrogens with two attached hydrogens (primary N) is 5. The van der Waals surface area contributed by atoms with Crippen LogP contribution in [0.25, 0.3) is 0 Å². The van der Waals surface area contributed by atoms with E-state index in [0.29, 0.717) is 25.8 Å². The van der Waals surface area contributed by atoms with E-state index in [9.17, 15) is 39.0 Å². The maximum atomic E-state index is 13.3. The van der Waals surface area contributed by atoms with Gasteiger partial charge in [0, 0.05) is 6.54 Å². The van der Waals surface area contributed by atoms with Crippen LogP contribution in [0.1, 0.15) is 65.7 Å². The maximum Gasteiger partial charge on any atom is 0.326 e. The lowest BCUT2D eigenvalue weighted by Gasteiger charge is -2.28. The normalized spacial score (nSPS) is 15.7. The number of aliphatic hydroxyl groups excluding tert-OH is 1. The summed E-state index contributed by atoms with van der Waals surface area (Å²) in [5.41, 5.74) is 27.0. The molecule has 0 spiro atoms. The highest BCUT2D eigenvalue weighted by atomic mass is 16.4. The van der Waals surface area contributed by atoms with Gasteiger partial charge in [-0.1, -0.05) is 20.3 Å². The van der Waals surface area contributed by atoms with Crippen LogP contribution in [0.4, 0.5) is 0 Å². The zero-order chi connectivity index (χ0) is 34.0. The molecule has 7 atom stereocenters. The number of aliphatic carboxylic acids is 1. The number of nitrogens with zero attached hydrogens (tertiary/aromatic N) is 1. The summed E-state index contributed by atoms with van der Waals surface area (Å²) < 4.78 is 0. The number of amides is 5. The van der Waals surface area contributed by atoms with Gasteiger partial charge in [-0.3, -0.25) is 29.0 Å². The van der Waals surface area contributed by atoms with Crippen molar-refractivity contribution < 1.29 is 39.0 Å². The van der Waals surface area contributed by atoms with E-state index in [2.05, 4.69) is 26.3 Å². The molecule has 0 aromatic rings. The molecule has 18 nitrogen and oxygen atoms in total. The summed E-state index contributed by atoms with van der Waals surface area (Å²) in [6.45, 7) is 5.04. The van der Waals surface area contributed by atoms with Gasteiger partial charge in [-0.15, -0.1) is 0 Å². The summed E-state index contributed by atoms with van der Waals surface area (Å²) >= 11 is 0. The molecule has 0 heterocycles. The Kier molecular flexibility index (Phi) is 18.9. The predicted octanol–water partition coefficient (Wildman–Crippen LogP) is -4.18. The standard InChI is InChI=1S/C26H50N10O8/c1-4-13(2)19(25(43)44)35-24(42)20(14(3)37)36-23(41)16(8-5-6-10-27)34-22(40)17(9-7-11-32-26(30)31)33-21(39)15(28)12-18(29)38/h13-17,19-20,37H,4-12,27-28H2,1-3H3,(H2,29,38)(H,33,39)(H,34,40)(H,35,42)(H,36,41)(H,43,44)(H4,30,31,32)/t13-,14+,15-,16-,17-,19-,20-/m0/s1. The van der Waals surface area contributed by atoms with Crippen LogP contribution in [-0.4, -0.2) is 101 Å². The number of hydrogen-bond acceptors (Lipinski definition) is 10. The minimum absolute atomic E-state index is 0.0136. The minimum Gasteiger partial charge on any atom is -0.480 e. The van der Waals surface area contributed by atoms with Crippen molar-refractivity contribution in [2.75, 3.05) is 13.1 Å². The first-order valence-corrected chi connectivity index (χ1v) is 14.5. The lowest BCUT2D eigenvalue weighted by atomic mass is 9.98. The van der Waals surface area contributed by atoms with Crippen molar-refractivity contribution in [1.29, 1.82) is 0 Å². The largest absolute Gasteiger partial charge is 0.480 e. The molecule has 0 saturated heterocycles. The summed E-state index contributed by atoms with van der Waals surface area (Å²) in [5.74, 6) is -6.12. The van der Waals surface area contributed by atoms with Crippen LogP contribution in [0.2, 0.25) is 0 Å². The van der Waals surface area contributed by atoms with Gasteiger partial charge in [0.1, 0.15) is 24.2 Å². The van der Waals surface area contributed by atoms with Gasteiger partial charge >= 0.3 is 5.97 Å². The first kappa shape index (κ1) is 40.0. The SMILES string of the molecule is CC[C@H](C)[C@H](NC(=O)[C@@H](NC(=O)[C@H](CCCCN)NC(=O)[C@H](CCCN=C(N)N)NC(=O)[C@@H](N)CC(N)=O)[C@@H](C)O)C(=O)O. The fraction of sp³-hybridized carbons (Fsp3) is 0.731. The number of carbonyl (C=O) groups is 6. The second kappa shape index (κ2) is 20.8. The van der Waals surface area contributed by atoms with E-state index in [4.69, 9.17) is 28.7 Å². The van der Waals surface area contributed by atoms with Crippen molar-refractivity contribution in [3.8, 4) is 0 Å². The smallest absolute Gasteiger partial charge is 0.326 e. The highest BCUT2D eigenvalue weighted by Gasteiger charge is 2.34. The number of unbranched alkanes of at least 4 members (excludes halogenated alkanes) is 1. The molecule has 0 fully saturated rings. The van der Waals surface area contributed by atoms with Crippen LogP contribution in [-0.2, 0) is 28.8 Å². The molecule has 16 N–H and O–H groups in total. The van der Waals surface area contributed by atoms with Crippen molar-refractivity contribution in [1.82, 2.24) is 21.3 Å². The lowest BCUT2D eigenvalue weighted by molar-refractivity contribution is -0.144. The second-order valence-electron chi connectivity index (χ2n) is 10.6. The molecule has 44 heavy (non-hydrogen) atoms. The van der Waals surface area contributed by atoms with E-state index in [1.54, 1.807) is 13.8 Å². The lowest BCUT2D eigenvalue weighted by Crippen LogP contribution is -2.61. The summed E-state index contributed by atoms with van der Waals surface area (Å²) in [6, 6.07) is -6.63. The van der Waals surface area contributed by atoms with Crippen LogP contribution >= 0.6 is 0 Å². The van der Waals surface area contributed by atoms with Crippen molar-refractivity contribution in [3.05, 3.63) is 0 Å². The van der Waals surface area contributed by atoms with Gasteiger partial charge in [0.05, 0.1) is 18.6 Å². The molecular weight excluding hydrogens is 580 g/mol. The fourth-order valence-corrected chi connectivity index (χ4v) is 3.98. The van der Waals surface area contributed by atoms with Crippen molar-refractivity contribution in [2.24, 2.45) is 39.6 Å². The van der Waals surface area contributed by atoms with Gasteiger partial charge in [0.15, 0.2) is 5.96 Å². The first-order valence-electron chi connectivity index (χ1n) is 14.5. The number of carboxylic acids is 1. The molecule has 0 unspecified atom stereocenters. The topological polar surface area (TPSA) is 333 Å². The highest BCUT2D eigenvalue weighted by molar-refractivity contribution is 5.96. The van der Waals surface area contributed by atoms with E-state index in [1.165, 1.54) is 6.92 Å². The Morgan fingerprint density at radius 3 is 1.77 bits per heavy atom. The Balaban J connectivity index is 5.97. The molecular formula is C26H50N10O8. The Morgan fingerprint density at radius 2 is 1.30 bits per heavy atom. The third kappa shape index (κ3) is 15.4. The van der Waals surface area contributed by atoms with Gasteiger partial charge in [0.2, 0.25) is 29.5 Å². The second-order valence-corrected chi connectivity index (χ2v) is 10.6. The van der Waals surface area contributed by atoms with E-state index in [0.717, 1.165) is 0 Å². The van der Waals surface area contributed by atoms with Crippen molar-refractivity contribution >= 4 is 41.5 Å². The highest BCUT2D eigenvalue weighted by Crippen LogP contribution is 2.10. The van der Waals surface area contributed by atoms with Crippen LogP contribution in [0.15, 0.2) is 4.99 Å². The van der Waals surface area contributed by atoms with Gasteiger partial charge < -0.3 is 60.1 Å². The molecule has 0 bridgehead atoms. The van der Waals surface area contributed by atoms with E-state index in [1.807, 2.05) is 0 Å². The molecule has 0 aromatic heterocycles. The number of aliphatic imine (C=N–C) groups is 1. The molecule has 0 radical (unpaired) electrons. The van der Waals surface area contributed by atoms with E-state index >= 15 is 0 Å². The molecule has 5 amide bonds. The number of aliphatic hydroxyl groups is 1. The van der Waals surface area contributed by atoms with Gasteiger partial charge in [0.25, 0.3) is 0 Å². The molecule has 0 saturated carbocycles. The van der Waals surface area contributed by atoms with Gasteiger partial charge in [-0.2, -0.15) is 0 Å². The Hall–Kier alpha value is -4.03. The third-order valence-corrected chi connectivity index (χ3v) is 6.76. The number of guanidine groups is 1. The zero-order valence-corrected chi connectivity index (χ0v) is 25.6. The molecule has 0 aliphatic rings. The van der Waals surface area contributed by atoms with E-state index in [-0.39, 0.29) is 31.8 Å². The first-order chi connectivity index (χ1) is 20.5. The number of carbonyl (C=O) groups excluding carboxylic acids is 5. The Morgan fingerprint density at radius 1 is 0.773 bits per heavy atom. The number of rotatable bonds is 22. The Bertz CT molecular complexity index is 1010. The monoisotopic (exact) mass is 630 g/mol. The summed E-state index contributed by atoms with van der Waals surface area (Å²) in [4.78, 5) is 78.9. The predicted molar refractivity (Wildman–Crippen MR) is 161 cm³/mol. The molecule has 0 aliphatic heterocycles. The van der Waals surface area contributed by atoms with E-state index < -0.39 is 84.2 Å². The summed E-state index contributed by atoms with van der Waals surface area (Å²) in [7, 11) is 0. The third-order valence-electron chi connectivity index (χ3n) is 6.76.